The molecule has 0 N–H and O–H groups in total. The number of halogens is 2. The van der Waals surface area contributed by atoms with Gasteiger partial charge in [0.25, 0.3) is 0 Å². The highest BCUT2D eigenvalue weighted by molar-refractivity contribution is 7.99. The Kier molecular flexibility index (Phi) is 5.07. The van der Waals surface area contributed by atoms with Crippen molar-refractivity contribution in [3.63, 3.8) is 0 Å². The lowest BCUT2D eigenvalue weighted by Gasteiger charge is -2.18. The average molecular weight is 383 g/mol. The SMILES string of the molecule is C=CCn1c(SC(c2ccc(F)cc2)c2ccc(F)cc2)nnc1C1CC1. The molecule has 1 fully saturated rings. The maximum absolute atomic E-state index is 13.4. The summed E-state index contributed by atoms with van der Waals surface area (Å²) in [4.78, 5) is 0. The quantitative estimate of drug-likeness (QED) is 0.399. The Balaban J connectivity index is 1.72. The van der Waals surface area contributed by atoms with Crippen LogP contribution in [0.2, 0.25) is 0 Å². The number of aromatic nitrogens is 3. The van der Waals surface area contributed by atoms with Crippen LogP contribution in [0.3, 0.4) is 0 Å². The van der Waals surface area contributed by atoms with Gasteiger partial charge in [-0.05, 0) is 48.2 Å². The first-order valence-corrected chi connectivity index (χ1v) is 9.75. The molecule has 0 unspecified atom stereocenters. The Morgan fingerprint density at radius 1 is 1.00 bits per heavy atom. The van der Waals surface area contributed by atoms with E-state index in [4.69, 9.17) is 0 Å². The number of allylic oxidation sites excluding steroid dienone is 1. The minimum Gasteiger partial charge on any atom is -0.302 e. The van der Waals surface area contributed by atoms with Crippen LogP contribution in [0.15, 0.2) is 66.3 Å². The van der Waals surface area contributed by atoms with E-state index in [2.05, 4.69) is 21.3 Å². The van der Waals surface area contributed by atoms with Gasteiger partial charge in [-0.1, -0.05) is 42.1 Å². The Labute approximate surface area is 161 Å². The fraction of sp³-hybridized carbons (Fsp3) is 0.238. The summed E-state index contributed by atoms with van der Waals surface area (Å²) >= 11 is 1.54. The second-order valence-electron chi connectivity index (χ2n) is 6.62. The Morgan fingerprint density at radius 2 is 1.56 bits per heavy atom. The van der Waals surface area contributed by atoms with Crippen molar-refractivity contribution < 1.29 is 8.78 Å². The van der Waals surface area contributed by atoms with Crippen molar-refractivity contribution in [1.82, 2.24) is 14.8 Å². The van der Waals surface area contributed by atoms with Gasteiger partial charge in [0.2, 0.25) is 0 Å². The topological polar surface area (TPSA) is 30.7 Å². The lowest BCUT2D eigenvalue weighted by atomic mass is 10.0. The number of hydrogen-bond acceptors (Lipinski definition) is 3. The fourth-order valence-corrected chi connectivity index (χ4v) is 4.22. The van der Waals surface area contributed by atoms with Gasteiger partial charge < -0.3 is 4.57 Å². The molecule has 0 aliphatic heterocycles. The zero-order valence-corrected chi connectivity index (χ0v) is 15.5. The van der Waals surface area contributed by atoms with E-state index < -0.39 is 0 Å². The highest BCUT2D eigenvalue weighted by Crippen LogP contribution is 2.43. The molecule has 3 aromatic rings. The lowest BCUT2D eigenvalue weighted by molar-refractivity contribution is 0.626. The van der Waals surface area contributed by atoms with Crippen LogP contribution in [0.5, 0.6) is 0 Å². The van der Waals surface area contributed by atoms with E-state index in [0.29, 0.717) is 12.5 Å². The highest BCUT2D eigenvalue weighted by atomic mass is 32.2. The number of thioether (sulfide) groups is 1. The zero-order valence-electron chi connectivity index (χ0n) is 14.7. The lowest BCUT2D eigenvalue weighted by Crippen LogP contribution is -2.05. The normalized spacial score (nSPS) is 13.9. The summed E-state index contributed by atoms with van der Waals surface area (Å²) < 4.78 is 28.9. The van der Waals surface area contributed by atoms with Crippen molar-refractivity contribution in [2.24, 2.45) is 0 Å². The van der Waals surface area contributed by atoms with Gasteiger partial charge in [-0.15, -0.1) is 16.8 Å². The minimum absolute atomic E-state index is 0.147. The zero-order chi connectivity index (χ0) is 18.8. The van der Waals surface area contributed by atoms with Crippen LogP contribution >= 0.6 is 11.8 Å². The van der Waals surface area contributed by atoms with Gasteiger partial charge in [0.05, 0.1) is 5.25 Å². The molecule has 0 saturated heterocycles. The summed E-state index contributed by atoms with van der Waals surface area (Å²) in [6, 6.07) is 12.8. The molecule has 2 aromatic carbocycles. The van der Waals surface area contributed by atoms with E-state index in [-0.39, 0.29) is 16.9 Å². The fourth-order valence-electron chi connectivity index (χ4n) is 3.04. The molecule has 0 atom stereocenters. The van der Waals surface area contributed by atoms with Crippen LogP contribution < -0.4 is 0 Å². The number of nitrogens with zero attached hydrogens (tertiary/aromatic N) is 3. The van der Waals surface area contributed by atoms with Crippen LogP contribution in [0.25, 0.3) is 0 Å². The van der Waals surface area contributed by atoms with Gasteiger partial charge in [-0.2, -0.15) is 0 Å². The highest BCUT2D eigenvalue weighted by Gasteiger charge is 2.31. The molecule has 0 bridgehead atoms. The maximum atomic E-state index is 13.4. The summed E-state index contributed by atoms with van der Waals surface area (Å²) in [5.41, 5.74) is 1.85. The van der Waals surface area contributed by atoms with E-state index in [1.165, 1.54) is 36.0 Å². The number of hydrogen-bond donors (Lipinski definition) is 0. The minimum atomic E-state index is -0.285. The van der Waals surface area contributed by atoms with Crippen molar-refractivity contribution in [1.29, 1.82) is 0 Å². The molecule has 1 heterocycles. The van der Waals surface area contributed by atoms with Gasteiger partial charge in [0, 0.05) is 12.5 Å². The van der Waals surface area contributed by atoms with Crippen molar-refractivity contribution in [3.05, 3.63) is 89.8 Å². The third-order valence-electron chi connectivity index (χ3n) is 4.57. The number of rotatable bonds is 7. The third-order valence-corrected chi connectivity index (χ3v) is 5.86. The molecule has 3 nitrogen and oxygen atoms in total. The first-order chi connectivity index (χ1) is 13.2. The molecule has 1 saturated carbocycles. The molecule has 0 radical (unpaired) electrons. The van der Waals surface area contributed by atoms with E-state index in [0.717, 1.165) is 34.9 Å². The summed E-state index contributed by atoms with van der Waals surface area (Å²) in [7, 11) is 0. The molecule has 0 amide bonds. The van der Waals surface area contributed by atoms with Crippen molar-refractivity contribution in [2.75, 3.05) is 0 Å². The number of benzene rings is 2. The molecule has 1 aliphatic rings. The van der Waals surface area contributed by atoms with Crippen molar-refractivity contribution >= 4 is 11.8 Å². The van der Waals surface area contributed by atoms with Crippen molar-refractivity contribution in [3.8, 4) is 0 Å². The molecule has 1 aliphatic carbocycles. The molecule has 27 heavy (non-hydrogen) atoms. The monoisotopic (exact) mass is 383 g/mol. The largest absolute Gasteiger partial charge is 0.302 e. The Bertz CT molecular complexity index is 886. The van der Waals surface area contributed by atoms with Crippen molar-refractivity contribution in [2.45, 2.75) is 35.7 Å². The average Bonchev–Trinajstić information content (AvgIpc) is 3.44. The van der Waals surface area contributed by atoms with E-state index in [1.807, 2.05) is 6.08 Å². The molecule has 4 rings (SSSR count). The summed E-state index contributed by atoms with van der Waals surface area (Å²) in [5.74, 6) is 0.899. The van der Waals surface area contributed by atoms with Gasteiger partial charge in [-0.3, -0.25) is 0 Å². The predicted molar refractivity (Wildman–Crippen MR) is 103 cm³/mol. The van der Waals surface area contributed by atoms with Gasteiger partial charge >= 0.3 is 0 Å². The Hall–Kier alpha value is -2.47. The molecule has 0 spiro atoms. The second-order valence-corrected chi connectivity index (χ2v) is 7.69. The van der Waals surface area contributed by atoms with Gasteiger partial charge in [0.15, 0.2) is 5.16 Å². The smallest absolute Gasteiger partial charge is 0.192 e. The first kappa shape index (κ1) is 17.9. The van der Waals surface area contributed by atoms with Crippen LogP contribution in [-0.2, 0) is 6.54 Å². The van der Waals surface area contributed by atoms with Crippen LogP contribution in [-0.4, -0.2) is 14.8 Å². The van der Waals surface area contributed by atoms with E-state index in [9.17, 15) is 8.78 Å². The van der Waals surface area contributed by atoms with E-state index in [1.54, 1.807) is 24.3 Å². The summed E-state index contributed by atoms with van der Waals surface area (Å²) in [6.07, 6.45) is 4.11. The predicted octanol–water partition coefficient (Wildman–Crippen LogP) is 5.50. The molecular formula is C21H19F2N3S. The van der Waals surface area contributed by atoms with Crippen LogP contribution in [0, 0.1) is 11.6 Å². The second kappa shape index (κ2) is 7.64. The van der Waals surface area contributed by atoms with Crippen LogP contribution in [0.4, 0.5) is 8.78 Å². The molecule has 1 aromatic heterocycles. The van der Waals surface area contributed by atoms with Crippen LogP contribution in [0.1, 0.15) is 41.0 Å². The molecular weight excluding hydrogens is 364 g/mol. The molecule has 6 heteroatoms. The Morgan fingerprint density at radius 3 is 2.04 bits per heavy atom. The van der Waals surface area contributed by atoms with E-state index >= 15 is 0 Å². The van der Waals surface area contributed by atoms with Gasteiger partial charge in [-0.25, -0.2) is 8.78 Å². The molecule has 138 valence electrons. The van der Waals surface area contributed by atoms with Gasteiger partial charge in [0.1, 0.15) is 17.5 Å². The third kappa shape index (κ3) is 3.95. The maximum Gasteiger partial charge on any atom is 0.192 e. The summed E-state index contributed by atoms with van der Waals surface area (Å²) in [5, 5.41) is 9.43. The summed E-state index contributed by atoms with van der Waals surface area (Å²) in [6.45, 7) is 4.48. The first-order valence-electron chi connectivity index (χ1n) is 8.87. The standard InChI is InChI=1S/C21H19F2N3S/c1-2-13-26-20(16-3-4-16)24-25-21(26)27-19(14-5-9-17(22)10-6-14)15-7-11-18(23)12-8-15/h2,5-12,16,19H,1,3-4,13H2.